The van der Waals surface area contributed by atoms with Crippen molar-refractivity contribution in [2.24, 2.45) is 11.8 Å². The molecule has 1 N–H and O–H groups in total. The van der Waals surface area contributed by atoms with Gasteiger partial charge >= 0.3 is 5.97 Å². The number of rotatable bonds is 11. The molecule has 4 aliphatic rings. The quantitative estimate of drug-likeness (QED) is 0.317. The maximum Gasteiger partial charge on any atom is 0.312 e. The van der Waals surface area contributed by atoms with Gasteiger partial charge in [-0.25, -0.2) is 0 Å². The Balaban J connectivity index is 1.60. The smallest absolute Gasteiger partial charge is 0.312 e. The number of aliphatic hydroxyl groups excluding tert-OH is 1. The predicted molar refractivity (Wildman–Crippen MR) is 122 cm³/mol. The Labute approximate surface area is 200 Å². The number of hydrogen-bond acceptors (Lipinski definition) is 8. The first-order chi connectivity index (χ1) is 16.5. The Hall–Kier alpha value is -2.01. The van der Waals surface area contributed by atoms with Gasteiger partial charge in [-0.2, -0.15) is 0 Å². The van der Waals surface area contributed by atoms with Crippen LogP contribution in [0.1, 0.15) is 26.2 Å². The number of esters is 1. The largest absolute Gasteiger partial charge is 0.466 e. The second-order valence-corrected chi connectivity index (χ2v) is 9.44. The molecular weight excluding hydrogens is 442 g/mol. The Morgan fingerprint density at radius 1 is 1.32 bits per heavy atom. The molecule has 4 saturated heterocycles. The summed E-state index contributed by atoms with van der Waals surface area (Å²) in [6.07, 6.45) is 2.78. The number of fused-ring (bicyclic) bond motifs is 1. The zero-order chi connectivity index (χ0) is 24.3. The zero-order valence-corrected chi connectivity index (χ0v) is 20.0. The minimum atomic E-state index is -1.04. The molecule has 4 rings (SSSR count). The first-order valence-electron chi connectivity index (χ1n) is 12.4. The average molecular weight is 480 g/mol. The van der Waals surface area contributed by atoms with Gasteiger partial charge in [-0.1, -0.05) is 6.08 Å². The van der Waals surface area contributed by atoms with Crippen LogP contribution in [0.25, 0.3) is 0 Å². The Kier molecular flexibility index (Phi) is 7.91. The number of amides is 2. The summed E-state index contributed by atoms with van der Waals surface area (Å²) >= 11 is 0. The van der Waals surface area contributed by atoms with Crippen molar-refractivity contribution in [3.63, 3.8) is 0 Å². The molecular formula is C24H37N3O7. The van der Waals surface area contributed by atoms with Crippen LogP contribution in [0.3, 0.4) is 0 Å². The molecule has 5 atom stereocenters. The van der Waals surface area contributed by atoms with E-state index < -0.39 is 35.6 Å². The number of hydrogen-bond donors (Lipinski definition) is 1. The maximum atomic E-state index is 14.0. The number of likely N-dealkylation sites (tertiary alicyclic amines) is 1. The second kappa shape index (κ2) is 10.7. The molecule has 10 heteroatoms. The highest BCUT2D eigenvalue weighted by Gasteiger charge is 2.74. The van der Waals surface area contributed by atoms with Crippen LogP contribution >= 0.6 is 0 Å². The van der Waals surface area contributed by atoms with Gasteiger partial charge in [0.05, 0.1) is 37.8 Å². The Morgan fingerprint density at radius 2 is 2.09 bits per heavy atom. The Bertz CT molecular complexity index is 787. The zero-order valence-electron chi connectivity index (χ0n) is 20.0. The first kappa shape index (κ1) is 25.1. The number of nitrogens with zero attached hydrogens (tertiary/aromatic N) is 3. The fourth-order valence-corrected chi connectivity index (χ4v) is 6.13. The van der Waals surface area contributed by atoms with E-state index >= 15 is 0 Å². The van der Waals surface area contributed by atoms with Crippen LogP contribution in [0, 0.1) is 11.8 Å². The fourth-order valence-electron chi connectivity index (χ4n) is 6.13. The van der Waals surface area contributed by atoms with Gasteiger partial charge in [0, 0.05) is 45.9 Å². The summed E-state index contributed by atoms with van der Waals surface area (Å²) in [5.41, 5.74) is -1.04. The number of carbonyl (C=O) groups excluding carboxylic acids is 3. The van der Waals surface area contributed by atoms with Crippen LogP contribution in [0.2, 0.25) is 0 Å². The third-order valence-electron chi connectivity index (χ3n) is 7.60. The predicted octanol–water partition coefficient (Wildman–Crippen LogP) is -0.347. The number of ether oxygens (including phenoxy) is 3. The van der Waals surface area contributed by atoms with E-state index in [1.165, 1.54) is 0 Å². The summed E-state index contributed by atoms with van der Waals surface area (Å²) < 4.78 is 17.1. The van der Waals surface area contributed by atoms with Crippen LogP contribution < -0.4 is 0 Å². The van der Waals surface area contributed by atoms with E-state index in [1.54, 1.807) is 22.8 Å². The minimum Gasteiger partial charge on any atom is -0.466 e. The van der Waals surface area contributed by atoms with Crippen LogP contribution in [-0.2, 0) is 28.6 Å². The molecule has 4 heterocycles. The van der Waals surface area contributed by atoms with Crippen molar-refractivity contribution in [3.05, 3.63) is 12.7 Å². The standard InChI is InChI=1S/C24H37N3O7/c1-3-8-26(11-10-25-12-15-32-16-13-25)22(30)20-24-7-6-17(34-24)18(23(31)33-4-2)19(24)21(29)27(20)9-5-14-28/h3,17-20,28H,1,4-16H2,2H3/t17-,18+,19+,20?,24?/m1/s1. The summed E-state index contributed by atoms with van der Waals surface area (Å²) in [4.78, 5) is 46.0. The van der Waals surface area contributed by atoms with Crippen molar-refractivity contribution in [2.75, 3.05) is 65.7 Å². The fraction of sp³-hybridized carbons (Fsp3) is 0.792. The van der Waals surface area contributed by atoms with Crippen LogP contribution in [0.5, 0.6) is 0 Å². The molecule has 0 aromatic rings. The summed E-state index contributed by atoms with van der Waals surface area (Å²) in [6, 6.07) is -0.828. The molecule has 10 nitrogen and oxygen atoms in total. The van der Waals surface area contributed by atoms with E-state index in [1.807, 2.05) is 0 Å². The van der Waals surface area contributed by atoms with Crippen molar-refractivity contribution in [3.8, 4) is 0 Å². The second-order valence-electron chi connectivity index (χ2n) is 9.44. The van der Waals surface area contributed by atoms with E-state index in [9.17, 15) is 19.5 Å². The number of morpholine rings is 1. The van der Waals surface area contributed by atoms with E-state index in [2.05, 4.69) is 11.5 Å². The third kappa shape index (κ3) is 4.36. The molecule has 2 bridgehead atoms. The Morgan fingerprint density at radius 3 is 2.76 bits per heavy atom. The van der Waals surface area contributed by atoms with Crippen molar-refractivity contribution < 1.29 is 33.7 Å². The van der Waals surface area contributed by atoms with E-state index in [0.717, 1.165) is 13.1 Å². The van der Waals surface area contributed by atoms with Crippen LogP contribution in [-0.4, -0.2) is 121 Å². The number of aliphatic hydroxyl groups is 1. The monoisotopic (exact) mass is 479 g/mol. The molecule has 2 amide bonds. The van der Waals surface area contributed by atoms with Gasteiger partial charge in [0.2, 0.25) is 11.8 Å². The van der Waals surface area contributed by atoms with Crippen molar-refractivity contribution in [1.29, 1.82) is 0 Å². The molecule has 4 fully saturated rings. The lowest BCUT2D eigenvalue weighted by molar-refractivity contribution is -0.155. The molecule has 1 spiro atoms. The molecule has 4 aliphatic heterocycles. The molecule has 0 aromatic carbocycles. The van der Waals surface area contributed by atoms with Gasteiger partial charge in [-0.15, -0.1) is 6.58 Å². The van der Waals surface area contributed by atoms with E-state index in [-0.39, 0.29) is 31.6 Å². The van der Waals surface area contributed by atoms with E-state index in [4.69, 9.17) is 14.2 Å². The maximum absolute atomic E-state index is 14.0. The summed E-state index contributed by atoms with van der Waals surface area (Å²) in [7, 11) is 0. The van der Waals surface area contributed by atoms with Crippen molar-refractivity contribution in [1.82, 2.24) is 14.7 Å². The number of carbonyl (C=O) groups is 3. The van der Waals surface area contributed by atoms with Crippen LogP contribution in [0.4, 0.5) is 0 Å². The van der Waals surface area contributed by atoms with Gasteiger partial charge in [-0.05, 0) is 26.2 Å². The molecule has 34 heavy (non-hydrogen) atoms. The van der Waals surface area contributed by atoms with Gasteiger partial charge in [0.1, 0.15) is 11.6 Å². The topological polar surface area (TPSA) is 109 Å². The molecule has 0 saturated carbocycles. The molecule has 0 radical (unpaired) electrons. The van der Waals surface area contributed by atoms with Gasteiger partial charge < -0.3 is 29.1 Å². The lowest BCUT2D eigenvalue weighted by atomic mass is 9.70. The highest BCUT2D eigenvalue weighted by molar-refractivity contribution is 5.98. The summed E-state index contributed by atoms with van der Waals surface area (Å²) in [5.74, 6) is -2.30. The summed E-state index contributed by atoms with van der Waals surface area (Å²) in [6.45, 7) is 10.5. The van der Waals surface area contributed by atoms with Crippen molar-refractivity contribution >= 4 is 17.8 Å². The lowest BCUT2D eigenvalue weighted by Gasteiger charge is -2.37. The SMILES string of the molecule is C=CCN(CCN1CCOCC1)C(=O)C1N(CCCO)C(=O)[C@@H]2[C@@H](C(=O)OCC)[C@H]3CCC12O3. The molecule has 190 valence electrons. The third-order valence-corrected chi connectivity index (χ3v) is 7.60. The highest BCUT2D eigenvalue weighted by Crippen LogP contribution is 2.58. The summed E-state index contributed by atoms with van der Waals surface area (Å²) in [5, 5.41) is 9.43. The van der Waals surface area contributed by atoms with Crippen LogP contribution in [0.15, 0.2) is 12.7 Å². The molecule has 2 unspecified atom stereocenters. The minimum absolute atomic E-state index is 0.0967. The lowest BCUT2D eigenvalue weighted by Crippen LogP contribution is -2.57. The van der Waals surface area contributed by atoms with Gasteiger partial charge in [0.15, 0.2) is 0 Å². The first-order valence-corrected chi connectivity index (χ1v) is 12.4. The normalized spacial score (nSPS) is 32.6. The van der Waals surface area contributed by atoms with Gasteiger partial charge in [-0.3, -0.25) is 19.3 Å². The van der Waals surface area contributed by atoms with Crippen molar-refractivity contribution in [2.45, 2.75) is 43.9 Å². The molecule has 0 aromatic heterocycles. The average Bonchev–Trinajstić information content (AvgIpc) is 3.48. The molecule has 0 aliphatic carbocycles. The van der Waals surface area contributed by atoms with Gasteiger partial charge in [0.25, 0.3) is 0 Å². The van der Waals surface area contributed by atoms with E-state index in [0.29, 0.717) is 52.1 Å². The highest BCUT2D eigenvalue weighted by atomic mass is 16.6.